The molecule has 16 heavy (non-hydrogen) atoms. The van der Waals surface area contributed by atoms with Crippen molar-refractivity contribution in [2.24, 2.45) is 0 Å². The maximum atomic E-state index is 12.6. The summed E-state index contributed by atoms with van der Waals surface area (Å²) in [5.41, 5.74) is -0.335. The van der Waals surface area contributed by atoms with Crippen LogP contribution in [0.1, 0.15) is 17.5 Å². The van der Waals surface area contributed by atoms with Crippen LogP contribution < -0.4 is 4.74 Å². The van der Waals surface area contributed by atoms with Crippen LogP contribution in [0.3, 0.4) is 0 Å². The molecule has 0 amide bonds. The second-order valence-corrected chi connectivity index (χ2v) is 3.24. The summed E-state index contributed by atoms with van der Waals surface area (Å²) in [6.07, 6.45) is -3.25. The standard InChI is InChI=1S/C11H11F3O2/c1-16-10-5-4-8(3-2-6-15)7-9(10)11(12,13)14/h4-7H,2-3H2,1H3. The molecule has 0 fully saturated rings. The average molecular weight is 232 g/mol. The van der Waals surface area contributed by atoms with Gasteiger partial charge in [0.2, 0.25) is 0 Å². The lowest BCUT2D eigenvalue weighted by Crippen LogP contribution is -2.08. The molecule has 0 unspecified atom stereocenters. The number of alkyl halides is 3. The lowest BCUT2D eigenvalue weighted by molar-refractivity contribution is -0.138. The predicted octanol–water partition coefficient (Wildman–Crippen LogP) is 2.85. The minimum Gasteiger partial charge on any atom is -0.496 e. The van der Waals surface area contributed by atoms with Gasteiger partial charge >= 0.3 is 6.18 Å². The highest BCUT2D eigenvalue weighted by molar-refractivity contribution is 5.50. The van der Waals surface area contributed by atoms with Crippen molar-refractivity contribution in [3.63, 3.8) is 0 Å². The van der Waals surface area contributed by atoms with E-state index in [1.807, 2.05) is 0 Å². The van der Waals surface area contributed by atoms with Crippen molar-refractivity contribution in [2.45, 2.75) is 19.0 Å². The molecule has 88 valence electrons. The molecule has 0 radical (unpaired) electrons. The molecule has 1 rings (SSSR count). The number of ether oxygens (including phenoxy) is 1. The third-order valence-electron chi connectivity index (χ3n) is 2.12. The van der Waals surface area contributed by atoms with Crippen molar-refractivity contribution < 1.29 is 22.7 Å². The highest BCUT2D eigenvalue weighted by atomic mass is 19.4. The molecule has 0 aliphatic carbocycles. The van der Waals surface area contributed by atoms with E-state index >= 15 is 0 Å². The van der Waals surface area contributed by atoms with Crippen LogP contribution in [0.15, 0.2) is 18.2 Å². The number of rotatable bonds is 4. The van der Waals surface area contributed by atoms with E-state index in [1.165, 1.54) is 19.2 Å². The van der Waals surface area contributed by atoms with E-state index in [-0.39, 0.29) is 12.2 Å². The molecule has 0 N–H and O–H groups in total. The fourth-order valence-electron chi connectivity index (χ4n) is 1.36. The quantitative estimate of drug-likeness (QED) is 0.746. The molecule has 0 heterocycles. The summed E-state index contributed by atoms with van der Waals surface area (Å²) >= 11 is 0. The topological polar surface area (TPSA) is 26.3 Å². The van der Waals surface area contributed by atoms with Gasteiger partial charge in [-0.1, -0.05) is 6.07 Å². The molecule has 5 heteroatoms. The van der Waals surface area contributed by atoms with Gasteiger partial charge in [-0.15, -0.1) is 0 Å². The number of carbonyl (C=O) groups is 1. The molecule has 0 saturated heterocycles. The number of methoxy groups -OCH3 is 1. The second-order valence-electron chi connectivity index (χ2n) is 3.24. The Hall–Kier alpha value is -1.52. The Balaban J connectivity index is 3.06. The number of aryl methyl sites for hydroxylation is 1. The Bertz CT molecular complexity index is 372. The van der Waals surface area contributed by atoms with Gasteiger partial charge in [-0.25, -0.2) is 0 Å². The number of benzene rings is 1. The summed E-state index contributed by atoms with van der Waals surface area (Å²) < 4.78 is 42.4. The third kappa shape index (κ3) is 2.98. The van der Waals surface area contributed by atoms with Crippen LogP contribution in [0, 0.1) is 0 Å². The van der Waals surface area contributed by atoms with Crippen LogP contribution in [0.4, 0.5) is 13.2 Å². The number of aldehydes is 1. The van der Waals surface area contributed by atoms with Gasteiger partial charge in [0, 0.05) is 6.42 Å². The highest BCUT2D eigenvalue weighted by Crippen LogP contribution is 2.36. The first-order valence-corrected chi connectivity index (χ1v) is 4.66. The number of hydrogen-bond donors (Lipinski definition) is 0. The molecule has 0 aliphatic heterocycles. The predicted molar refractivity (Wildman–Crippen MR) is 52.4 cm³/mol. The van der Waals surface area contributed by atoms with E-state index in [0.717, 1.165) is 6.07 Å². The van der Waals surface area contributed by atoms with Gasteiger partial charge in [0.05, 0.1) is 12.7 Å². The van der Waals surface area contributed by atoms with E-state index in [0.29, 0.717) is 18.3 Å². The first-order valence-electron chi connectivity index (χ1n) is 4.66. The molecular weight excluding hydrogens is 221 g/mol. The van der Waals surface area contributed by atoms with Crippen molar-refractivity contribution in [1.82, 2.24) is 0 Å². The zero-order valence-corrected chi connectivity index (χ0v) is 8.67. The number of halogens is 3. The van der Waals surface area contributed by atoms with Crippen LogP contribution in [0.2, 0.25) is 0 Å². The minimum absolute atomic E-state index is 0.206. The lowest BCUT2D eigenvalue weighted by atomic mass is 10.1. The molecule has 1 aromatic carbocycles. The fourth-order valence-corrected chi connectivity index (χ4v) is 1.36. The van der Waals surface area contributed by atoms with Crippen molar-refractivity contribution in [2.75, 3.05) is 7.11 Å². The SMILES string of the molecule is COc1ccc(CCC=O)cc1C(F)(F)F. The van der Waals surface area contributed by atoms with E-state index in [4.69, 9.17) is 0 Å². The van der Waals surface area contributed by atoms with Gasteiger partial charge in [0.1, 0.15) is 12.0 Å². The summed E-state index contributed by atoms with van der Waals surface area (Å²) in [5.74, 6) is -0.206. The molecule has 2 nitrogen and oxygen atoms in total. The van der Waals surface area contributed by atoms with Crippen molar-refractivity contribution in [1.29, 1.82) is 0 Å². The van der Waals surface area contributed by atoms with E-state index < -0.39 is 11.7 Å². The summed E-state index contributed by atoms with van der Waals surface area (Å²) in [6.45, 7) is 0. The van der Waals surface area contributed by atoms with Crippen molar-refractivity contribution >= 4 is 6.29 Å². The highest BCUT2D eigenvalue weighted by Gasteiger charge is 2.34. The first-order chi connectivity index (χ1) is 7.49. The van der Waals surface area contributed by atoms with Gasteiger partial charge < -0.3 is 9.53 Å². The van der Waals surface area contributed by atoms with Gasteiger partial charge in [-0.3, -0.25) is 0 Å². The van der Waals surface area contributed by atoms with E-state index in [9.17, 15) is 18.0 Å². The van der Waals surface area contributed by atoms with Gasteiger partial charge in [-0.2, -0.15) is 13.2 Å². The Morgan fingerprint density at radius 3 is 2.56 bits per heavy atom. The van der Waals surface area contributed by atoms with Crippen LogP contribution in [-0.4, -0.2) is 13.4 Å². The Labute approximate surface area is 91.0 Å². The summed E-state index contributed by atoms with van der Waals surface area (Å²) in [6, 6.07) is 3.81. The monoisotopic (exact) mass is 232 g/mol. The maximum Gasteiger partial charge on any atom is 0.419 e. The smallest absolute Gasteiger partial charge is 0.419 e. The molecule has 0 spiro atoms. The number of carbonyl (C=O) groups excluding carboxylic acids is 1. The zero-order valence-electron chi connectivity index (χ0n) is 8.67. The second kappa shape index (κ2) is 5.01. The van der Waals surface area contributed by atoms with Crippen LogP contribution in [0.5, 0.6) is 5.75 Å². The van der Waals surface area contributed by atoms with Crippen molar-refractivity contribution in [3.05, 3.63) is 29.3 Å². The van der Waals surface area contributed by atoms with Crippen molar-refractivity contribution in [3.8, 4) is 5.75 Å². The van der Waals surface area contributed by atoms with Gasteiger partial charge in [0.15, 0.2) is 0 Å². The summed E-state index contributed by atoms with van der Waals surface area (Å²) in [4.78, 5) is 10.1. The van der Waals surface area contributed by atoms with Crippen LogP contribution in [0.25, 0.3) is 0 Å². The van der Waals surface area contributed by atoms with Gasteiger partial charge in [-0.05, 0) is 24.1 Å². The zero-order chi connectivity index (χ0) is 12.2. The molecule has 0 bridgehead atoms. The summed E-state index contributed by atoms with van der Waals surface area (Å²) in [5, 5.41) is 0. The van der Waals surface area contributed by atoms with Gasteiger partial charge in [0.25, 0.3) is 0 Å². The summed E-state index contributed by atoms with van der Waals surface area (Å²) in [7, 11) is 1.19. The average Bonchev–Trinajstić information content (AvgIpc) is 2.24. The fraction of sp³-hybridized carbons (Fsp3) is 0.364. The normalized spacial score (nSPS) is 11.2. The van der Waals surface area contributed by atoms with Crippen LogP contribution in [-0.2, 0) is 17.4 Å². The Morgan fingerprint density at radius 2 is 2.06 bits per heavy atom. The molecule has 0 saturated carbocycles. The largest absolute Gasteiger partial charge is 0.496 e. The Morgan fingerprint density at radius 1 is 1.38 bits per heavy atom. The number of hydrogen-bond acceptors (Lipinski definition) is 2. The van der Waals surface area contributed by atoms with Crippen LogP contribution >= 0.6 is 0 Å². The Kier molecular flexibility index (Phi) is 3.93. The minimum atomic E-state index is -4.44. The molecule has 0 atom stereocenters. The third-order valence-corrected chi connectivity index (χ3v) is 2.12. The molecule has 0 aromatic heterocycles. The first kappa shape index (κ1) is 12.5. The van der Waals surface area contributed by atoms with E-state index in [1.54, 1.807) is 0 Å². The lowest BCUT2D eigenvalue weighted by Gasteiger charge is -2.13. The van der Waals surface area contributed by atoms with E-state index in [2.05, 4.69) is 4.74 Å². The maximum absolute atomic E-state index is 12.6. The molecule has 1 aromatic rings. The molecular formula is C11H11F3O2. The molecule has 0 aliphatic rings.